The summed E-state index contributed by atoms with van der Waals surface area (Å²) in [4.78, 5) is 10.5. The van der Waals surface area contributed by atoms with Gasteiger partial charge >= 0.3 is 0 Å². The Labute approximate surface area is 171 Å². The number of rotatable bonds is 4. The normalized spacial score (nSPS) is 11.9. The lowest BCUT2D eigenvalue weighted by atomic mass is 9.87. The molecule has 3 rings (SSSR count). The van der Waals surface area contributed by atoms with Crippen molar-refractivity contribution in [1.29, 1.82) is 0 Å². The predicted molar refractivity (Wildman–Crippen MR) is 113 cm³/mol. The van der Waals surface area contributed by atoms with E-state index >= 15 is 0 Å². The monoisotopic (exact) mass is 415 g/mol. The number of aromatic nitrogens is 3. The lowest BCUT2D eigenvalue weighted by molar-refractivity contribution is -0.384. The molecule has 1 N–H and O–H groups in total. The van der Waals surface area contributed by atoms with Gasteiger partial charge in [-0.05, 0) is 29.3 Å². The van der Waals surface area contributed by atoms with Crippen LogP contribution in [0.2, 0.25) is 5.02 Å². The van der Waals surface area contributed by atoms with E-state index < -0.39 is 4.92 Å². The van der Waals surface area contributed by atoms with Crippen LogP contribution in [0, 0.1) is 14.9 Å². The van der Waals surface area contributed by atoms with Crippen molar-refractivity contribution in [3.8, 4) is 11.4 Å². The highest BCUT2D eigenvalue weighted by atomic mass is 35.5. The van der Waals surface area contributed by atoms with Gasteiger partial charge in [0.25, 0.3) is 5.69 Å². The summed E-state index contributed by atoms with van der Waals surface area (Å²) in [7, 11) is 0. The van der Waals surface area contributed by atoms with E-state index in [2.05, 4.69) is 36.1 Å². The van der Waals surface area contributed by atoms with Gasteiger partial charge in [0.1, 0.15) is 5.02 Å². The standard InChI is InChI=1S/C19H18ClN5O2S/c1-19(2,3)14-7-5-13(6-8-14)17-22-23-18(28)24(17)21-11-12-4-9-15(20)16(10-12)25(26)27/h4-11H,1-3H3,(H,23,28). The maximum Gasteiger partial charge on any atom is 0.288 e. The van der Waals surface area contributed by atoms with Crippen molar-refractivity contribution >= 4 is 35.7 Å². The molecule has 1 aromatic heterocycles. The van der Waals surface area contributed by atoms with Crippen molar-refractivity contribution in [1.82, 2.24) is 14.9 Å². The van der Waals surface area contributed by atoms with Gasteiger partial charge in [0, 0.05) is 17.2 Å². The van der Waals surface area contributed by atoms with E-state index in [1.807, 2.05) is 24.3 Å². The molecule has 0 amide bonds. The van der Waals surface area contributed by atoms with Crippen LogP contribution in [0.3, 0.4) is 0 Å². The van der Waals surface area contributed by atoms with E-state index in [0.29, 0.717) is 16.2 Å². The molecular formula is C19H18ClN5O2S. The molecule has 0 saturated carbocycles. The van der Waals surface area contributed by atoms with Crippen molar-refractivity contribution in [2.75, 3.05) is 0 Å². The van der Waals surface area contributed by atoms with Crippen LogP contribution < -0.4 is 0 Å². The Kier molecular flexibility index (Phi) is 5.44. The summed E-state index contributed by atoms with van der Waals surface area (Å²) in [5, 5.41) is 22.4. The van der Waals surface area contributed by atoms with Crippen LogP contribution in [0.1, 0.15) is 31.9 Å². The molecule has 0 aliphatic carbocycles. The molecule has 2 aromatic carbocycles. The molecule has 9 heteroatoms. The molecule has 3 aromatic rings. The Morgan fingerprint density at radius 2 is 1.93 bits per heavy atom. The second-order valence-corrected chi connectivity index (χ2v) is 8.00. The molecule has 0 aliphatic heterocycles. The minimum atomic E-state index is -0.536. The Morgan fingerprint density at radius 1 is 1.25 bits per heavy atom. The molecule has 0 saturated heterocycles. The molecule has 0 unspecified atom stereocenters. The van der Waals surface area contributed by atoms with E-state index in [1.165, 1.54) is 28.6 Å². The maximum atomic E-state index is 11.0. The molecule has 0 radical (unpaired) electrons. The SMILES string of the molecule is CC(C)(C)c1ccc(-c2n[nH]c(=S)n2N=Cc2ccc(Cl)c([N+](=O)[O-])c2)cc1. The average Bonchev–Trinajstić information content (AvgIpc) is 3.01. The van der Waals surface area contributed by atoms with Gasteiger partial charge in [0.2, 0.25) is 4.77 Å². The molecule has 0 aliphatic rings. The molecule has 7 nitrogen and oxygen atoms in total. The summed E-state index contributed by atoms with van der Waals surface area (Å²) in [6, 6.07) is 12.5. The number of hydrogen-bond donors (Lipinski definition) is 1. The lowest BCUT2D eigenvalue weighted by Crippen LogP contribution is -2.10. The van der Waals surface area contributed by atoms with Crippen LogP contribution in [0.15, 0.2) is 47.6 Å². The van der Waals surface area contributed by atoms with E-state index in [9.17, 15) is 10.1 Å². The zero-order valence-corrected chi connectivity index (χ0v) is 17.1. The van der Waals surface area contributed by atoms with Gasteiger partial charge in [0.15, 0.2) is 5.82 Å². The molecule has 0 atom stereocenters. The third-order valence-corrected chi connectivity index (χ3v) is 4.73. The fourth-order valence-corrected chi connectivity index (χ4v) is 2.95. The van der Waals surface area contributed by atoms with Crippen LogP contribution in [0.5, 0.6) is 0 Å². The summed E-state index contributed by atoms with van der Waals surface area (Å²) in [5.41, 5.74) is 2.44. The molecule has 0 bridgehead atoms. The Balaban J connectivity index is 1.96. The van der Waals surface area contributed by atoms with Gasteiger partial charge in [-0.2, -0.15) is 14.9 Å². The van der Waals surface area contributed by atoms with Crippen LogP contribution in [-0.2, 0) is 5.41 Å². The van der Waals surface area contributed by atoms with Gasteiger partial charge in [-0.3, -0.25) is 10.1 Å². The number of nitrogens with one attached hydrogen (secondary N) is 1. The zero-order valence-electron chi connectivity index (χ0n) is 15.5. The summed E-state index contributed by atoms with van der Waals surface area (Å²) in [5.74, 6) is 0.546. The fraction of sp³-hybridized carbons (Fsp3) is 0.211. The van der Waals surface area contributed by atoms with Gasteiger partial charge in [-0.15, -0.1) is 0 Å². The smallest absolute Gasteiger partial charge is 0.258 e. The third kappa shape index (κ3) is 4.18. The van der Waals surface area contributed by atoms with Crippen LogP contribution in [0.4, 0.5) is 5.69 Å². The molecule has 0 fully saturated rings. The highest BCUT2D eigenvalue weighted by molar-refractivity contribution is 7.71. The van der Waals surface area contributed by atoms with Crippen molar-refractivity contribution in [3.63, 3.8) is 0 Å². The third-order valence-electron chi connectivity index (χ3n) is 4.15. The first-order valence-corrected chi connectivity index (χ1v) is 9.22. The van der Waals surface area contributed by atoms with Crippen LogP contribution >= 0.6 is 23.8 Å². The minimum Gasteiger partial charge on any atom is -0.258 e. The van der Waals surface area contributed by atoms with Gasteiger partial charge in [0.05, 0.1) is 11.1 Å². The zero-order chi connectivity index (χ0) is 20.5. The first-order chi connectivity index (χ1) is 13.2. The highest BCUT2D eigenvalue weighted by Crippen LogP contribution is 2.26. The summed E-state index contributed by atoms with van der Waals surface area (Å²) < 4.78 is 1.79. The number of nitro groups is 1. The van der Waals surface area contributed by atoms with E-state index in [4.69, 9.17) is 23.8 Å². The predicted octanol–water partition coefficient (Wildman–Crippen LogP) is 5.35. The summed E-state index contributed by atoms with van der Waals surface area (Å²) >= 11 is 11.1. The first kappa shape index (κ1) is 19.9. The topological polar surface area (TPSA) is 89.1 Å². The minimum absolute atomic E-state index is 0.0463. The highest BCUT2D eigenvalue weighted by Gasteiger charge is 2.15. The van der Waals surface area contributed by atoms with Crippen molar-refractivity contribution in [2.45, 2.75) is 26.2 Å². The largest absolute Gasteiger partial charge is 0.288 e. The second kappa shape index (κ2) is 7.65. The fourth-order valence-electron chi connectivity index (χ4n) is 2.58. The van der Waals surface area contributed by atoms with E-state index in [1.54, 1.807) is 6.07 Å². The molecule has 0 spiro atoms. The van der Waals surface area contributed by atoms with Crippen molar-refractivity contribution in [2.24, 2.45) is 5.10 Å². The Hall–Kier alpha value is -2.84. The number of aromatic amines is 1. The van der Waals surface area contributed by atoms with E-state index in [-0.39, 0.29) is 16.1 Å². The van der Waals surface area contributed by atoms with Gasteiger partial charge in [-0.25, -0.2) is 5.10 Å². The molecule has 144 valence electrons. The maximum absolute atomic E-state index is 11.0. The number of nitrogens with zero attached hydrogens (tertiary/aromatic N) is 4. The van der Waals surface area contributed by atoms with Gasteiger partial charge in [-0.1, -0.05) is 62.7 Å². The first-order valence-electron chi connectivity index (χ1n) is 8.43. The average molecular weight is 416 g/mol. The number of H-pyrrole nitrogens is 1. The van der Waals surface area contributed by atoms with E-state index in [0.717, 1.165) is 5.56 Å². The summed E-state index contributed by atoms with van der Waals surface area (Å²) in [6.07, 6.45) is 1.47. The Bertz CT molecular complexity index is 1110. The number of hydrogen-bond acceptors (Lipinski definition) is 5. The Morgan fingerprint density at radius 3 is 2.54 bits per heavy atom. The summed E-state index contributed by atoms with van der Waals surface area (Å²) in [6.45, 7) is 6.44. The molecular weight excluding hydrogens is 398 g/mol. The van der Waals surface area contributed by atoms with Crippen molar-refractivity contribution in [3.05, 3.63) is 73.5 Å². The van der Waals surface area contributed by atoms with Crippen LogP contribution in [0.25, 0.3) is 11.4 Å². The quantitative estimate of drug-likeness (QED) is 0.269. The van der Waals surface area contributed by atoms with Crippen LogP contribution in [-0.4, -0.2) is 26.0 Å². The van der Waals surface area contributed by atoms with Crippen molar-refractivity contribution < 1.29 is 4.92 Å². The number of halogens is 1. The second-order valence-electron chi connectivity index (χ2n) is 7.20. The number of benzene rings is 2. The number of nitro benzene ring substituents is 1. The molecule has 28 heavy (non-hydrogen) atoms. The van der Waals surface area contributed by atoms with Gasteiger partial charge < -0.3 is 0 Å². The molecule has 1 heterocycles. The lowest BCUT2D eigenvalue weighted by Gasteiger charge is -2.18.